The minimum absolute atomic E-state index is 0. The molecule has 0 bridgehead atoms. The average Bonchev–Trinajstić information content (AvgIpc) is 2.31. The third-order valence-electron chi connectivity index (χ3n) is 1.41. The second kappa shape index (κ2) is 7.40. The van der Waals surface area contributed by atoms with Crippen LogP contribution in [0.15, 0.2) is 12.3 Å². The van der Waals surface area contributed by atoms with E-state index in [0.29, 0.717) is 0 Å². The van der Waals surface area contributed by atoms with Crippen LogP contribution >= 0.6 is 24.8 Å². The molecule has 0 saturated carbocycles. The van der Waals surface area contributed by atoms with Gasteiger partial charge in [0.2, 0.25) is 0 Å². The fourth-order valence-corrected chi connectivity index (χ4v) is 0.880. The highest BCUT2D eigenvalue weighted by Gasteiger charge is 1.93. The normalized spacial score (nSPS) is 8.50. The van der Waals surface area contributed by atoms with Crippen LogP contribution in [-0.4, -0.2) is 16.3 Å². The van der Waals surface area contributed by atoms with Gasteiger partial charge in [-0.3, -0.25) is 4.68 Å². The molecule has 72 valence electrons. The van der Waals surface area contributed by atoms with Crippen molar-refractivity contribution in [3.63, 3.8) is 0 Å². The fourth-order valence-electron chi connectivity index (χ4n) is 0.880. The van der Waals surface area contributed by atoms with Gasteiger partial charge in [0.25, 0.3) is 0 Å². The van der Waals surface area contributed by atoms with Gasteiger partial charge in [-0.1, -0.05) is 0 Å². The molecule has 0 unspecified atom stereocenters. The predicted molar refractivity (Wildman–Crippen MR) is 55.1 cm³/mol. The van der Waals surface area contributed by atoms with Crippen LogP contribution in [0.1, 0.15) is 12.1 Å². The lowest BCUT2D eigenvalue weighted by Gasteiger charge is -1.91. The van der Waals surface area contributed by atoms with Crippen LogP contribution in [0, 0.1) is 0 Å². The largest absolute Gasteiger partial charge is 0.330 e. The lowest BCUT2D eigenvalue weighted by atomic mass is 10.2. The number of halogens is 2. The highest BCUT2D eigenvalue weighted by Crippen LogP contribution is 1.96. The molecule has 0 aliphatic carbocycles. The molecule has 0 fully saturated rings. The van der Waals surface area contributed by atoms with E-state index in [1.54, 1.807) is 0 Å². The smallest absolute Gasteiger partial charge is 0.0624 e. The molecule has 0 radical (unpaired) electrons. The van der Waals surface area contributed by atoms with Gasteiger partial charge in [0.1, 0.15) is 0 Å². The number of rotatable bonds is 3. The first-order chi connectivity index (χ1) is 4.83. The van der Waals surface area contributed by atoms with E-state index in [1.807, 2.05) is 24.0 Å². The molecule has 0 aromatic carbocycles. The minimum atomic E-state index is 0. The summed E-state index contributed by atoms with van der Waals surface area (Å²) < 4.78 is 1.81. The van der Waals surface area contributed by atoms with Crippen molar-refractivity contribution in [2.75, 3.05) is 6.54 Å². The molecule has 1 aromatic rings. The van der Waals surface area contributed by atoms with Crippen LogP contribution in [0.2, 0.25) is 0 Å². The Balaban J connectivity index is 0. The highest BCUT2D eigenvalue weighted by molar-refractivity contribution is 5.85. The topological polar surface area (TPSA) is 43.8 Å². The number of hydrogen-bond donors (Lipinski definition) is 1. The summed E-state index contributed by atoms with van der Waals surface area (Å²) in [5, 5.41) is 4.21. The van der Waals surface area contributed by atoms with Crippen molar-refractivity contribution in [1.82, 2.24) is 9.78 Å². The minimum Gasteiger partial charge on any atom is -0.330 e. The maximum absolute atomic E-state index is 5.35. The van der Waals surface area contributed by atoms with Gasteiger partial charge in [0.15, 0.2) is 0 Å². The lowest BCUT2D eigenvalue weighted by molar-refractivity contribution is 0.723. The van der Waals surface area contributed by atoms with E-state index in [-0.39, 0.29) is 24.8 Å². The summed E-state index contributed by atoms with van der Waals surface area (Å²) >= 11 is 0. The van der Waals surface area contributed by atoms with Crippen LogP contribution in [0.3, 0.4) is 0 Å². The van der Waals surface area contributed by atoms with Crippen molar-refractivity contribution in [2.24, 2.45) is 12.8 Å². The Bertz CT molecular complexity index is 200. The zero-order chi connectivity index (χ0) is 7.40. The molecular formula is C7H15Cl2N3. The number of aryl methyl sites for hydroxylation is 2. The molecule has 2 N–H and O–H groups in total. The van der Waals surface area contributed by atoms with E-state index in [1.165, 1.54) is 0 Å². The maximum atomic E-state index is 5.35. The van der Waals surface area contributed by atoms with Crippen LogP contribution in [0.25, 0.3) is 0 Å². The Kier molecular flexibility index (Phi) is 8.81. The van der Waals surface area contributed by atoms with Crippen LogP contribution < -0.4 is 5.73 Å². The van der Waals surface area contributed by atoms with Gasteiger partial charge in [0, 0.05) is 13.2 Å². The fraction of sp³-hybridized carbons (Fsp3) is 0.571. The van der Waals surface area contributed by atoms with E-state index < -0.39 is 0 Å². The molecule has 0 saturated heterocycles. The molecule has 0 amide bonds. The van der Waals surface area contributed by atoms with E-state index in [4.69, 9.17) is 5.73 Å². The molecular weight excluding hydrogens is 197 g/mol. The van der Waals surface area contributed by atoms with Gasteiger partial charge in [0.05, 0.1) is 5.69 Å². The summed E-state index contributed by atoms with van der Waals surface area (Å²) in [6.07, 6.45) is 3.97. The molecule has 5 heteroatoms. The number of hydrogen-bond acceptors (Lipinski definition) is 2. The van der Waals surface area contributed by atoms with Crippen molar-refractivity contribution in [1.29, 1.82) is 0 Å². The van der Waals surface area contributed by atoms with Gasteiger partial charge in [-0.05, 0) is 25.5 Å². The van der Waals surface area contributed by atoms with Gasteiger partial charge in [-0.2, -0.15) is 5.10 Å². The SMILES string of the molecule is Cl.Cl.Cn1ccc(CCCN)n1. The van der Waals surface area contributed by atoms with Crippen molar-refractivity contribution in [3.05, 3.63) is 18.0 Å². The predicted octanol–water partition coefficient (Wildman–Crippen LogP) is 1.15. The van der Waals surface area contributed by atoms with Crippen LogP contribution in [-0.2, 0) is 13.5 Å². The van der Waals surface area contributed by atoms with Crippen LogP contribution in [0.5, 0.6) is 0 Å². The third-order valence-corrected chi connectivity index (χ3v) is 1.41. The second-order valence-electron chi connectivity index (χ2n) is 2.37. The van der Waals surface area contributed by atoms with E-state index in [0.717, 1.165) is 25.1 Å². The Morgan fingerprint density at radius 1 is 1.50 bits per heavy atom. The van der Waals surface area contributed by atoms with Crippen molar-refractivity contribution >= 4 is 24.8 Å². The summed E-state index contributed by atoms with van der Waals surface area (Å²) in [5.74, 6) is 0. The van der Waals surface area contributed by atoms with Gasteiger partial charge < -0.3 is 5.73 Å². The van der Waals surface area contributed by atoms with Gasteiger partial charge in [-0.25, -0.2) is 0 Å². The Labute approximate surface area is 85.1 Å². The molecule has 1 heterocycles. The number of nitrogens with two attached hydrogens (primary N) is 1. The highest BCUT2D eigenvalue weighted by atomic mass is 35.5. The Morgan fingerprint density at radius 3 is 2.58 bits per heavy atom. The van der Waals surface area contributed by atoms with E-state index in [9.17, 15) is 0 Å². The standard InChI is InChI=1S/C7H13N3.2ClH/c1-10-6-4-7(9-10)3-2-5-8;;/h4,6H,2-3,5,8H2,1H3;2*1H. The number of aromatic nitrogens is 2. The molecule has 0 atom stereocenters. The monoisotopic (exact) mass is 211 g/mol. The zero-order valence-electron chi connectivity index (χ0n) is 7.06. The first kappa shape index (κ1) is 14.3. The Hall–Kier alpha value is -0.250. The second-order valence-corrected chi connectivity index (χ2v) is 2.37. The maximum Gasteiger partial charge on any atom is 0.0624 e. The lowest BCUT2D eigenvalue weighted by Crippen LogP contribution is -2.01. The third kappa shape index (κ3) is 4.59. The molecule has 3 nitrogen and oxygen atoms in total. The van der Waals surface area contributed by atoms with E-state index in [2.05, 4.69) is 5.10 Å². The van der Waals surface area contributed by atoms with Crippen molar-refractivity contribution in [2.45, 2.75) is 12.8 Å². The average molecular weight is 212 g/mol. The summed E-state index contributed by atoms with van der Waals surface area (Å²) in [6.45, 7) is 0.747. The van der Waals surface area contributed by atoms with E-state index >= 15 is 0 Å². The molecule has 0 spiro atoms. The number of nitrogens with zero attached hydrogens (tertiary/aromatic N) is 2. The molecule has 1 rings (SSSR count). The summed E-state index contributed by atoms with van der Waals surface area (Å²) in [4.78, 5) is 0. The van der Waals surface area contributed by atoms with Gasteiger partial charge in [-0.15, -0.1) is 24.8 Å². The molecule has 0 aliphatic rings. The Morgan fingerprint density at radius 2 is 2.17 bits per heavy atom. The quantitative estimate of drug-likeness (QED) is 0.816. The molecule has 1 aromatic heterocycles. The van der Waals surface area contributed by atoms with Crippen molar-refractivity contribution < 1.29 is 0 Å². The molecule has 0 aliphatic heterocycles. The van der Waals surface area contributed by atoms with Crippen LogP contribution in [0.4, 0.5) is 0 Å². The summed E-state index contributed by atoms with van der Waals surface area (Å²) in [6, 6.07) is 2.02. The molecule has 12 heavy (non-hydrogen) atoms. The van der Waals surface area contributed by atoms with Gasteiger partial charge >= 0.3 is 0 Å². The summed E-state index contributed by atoms with van der Waals surface area (Å²) in [5.41, 5.74) is 6.48. The first-order valence-electron chi connectivity index (χ1n) is 3.51. The van der Waals surface area contributed by atoms with Crippen molar-refractivity contribution in [3.8, 4) is 0 Å². The summed E-state index contributed by atoms with van der Waals surface area (Å²) in [7, 11) is 1.92. The first-order valence-corrected chi connectivity index (χ1v) is 3.51. The zero-order valence-corrected chi connectivity index (χ0v) is 8.70.